The highest BCUT2D eigenvalue weighted by Crippen LogP contribution is 2.39. The summed E-state index contributed by atoms with van der Waals surface area (Å²) >= 11 is 0. The molecule has 1 atom stereocenters. The van der Waals surface area contributed by atoms with Crippen LogP contribution in [-0.4, -0.2) is 42.7 Å². The predicted molar refractivity (Wildman–Crippen MR) is 190 cm³/mol. The molecule has 2 aromatic carbocycles. The molecule has 0 unspecified atom stereocenters. The lowest BCUT2D eigenvalue weighted by Gasteiger charge is -2.37. The van der Waals surface area contributed by atoms with Crippen LogP contribution < -0.4 is 21.1 Å². The summed E-state index contributed by atoms with van der Waals surface area (Å²) in [5.41, 5.74) is 3.48. The van der Waals surface area contributed by atoms with Gasteiger partial charge in [-0.1, -0.05) is 19.9 Å². The highest BCUT2D eigenvalue weighted by atomic mass is 19.1. The largest absolute Gasteiger partial charge is 0.498 e. The molecule has 2 aromatic heterocycles. The molecule has 2 saturated heterocycles. The molecule has 4 aromatic rings. The van der Waals surface area contributed by atoms with Crippen LogP contribution in [0.5, 0.6) is 0 Å². The highest BCUT2D eigenvalue weighted by Gasteiger charge is 2.53. The SMILES string of the molecule is Cc1cc([C@@H](C)Nc2cccnc2-c2cc(F)c(B3OC(C)(C)C(C)(C)O3)c(C=O)c2)c2oc(N3CCC(C)(C)CC3)c(C)c(=O)c2c1. The zero-order valence-electron chi connectivity index (χ0n) is 29.4. The number of hydrogen-bond acceptors (Lipinski definition) is 8. The maximum atomic E-state index is 15.9. The van der Waals surface area contributed by atoms with E-state index in [0.29, 0.717) is 45.6 Å². The monoisotopic (exact) mass is 653 g/mol. The number of hydrogen-bond donors (Lipinski definition) is 1. The minimum atomic E-state index is -1.03. The molecule has 0 spiro atoms. The lowest BCUT2D eigenvalue weighted by molar-refractivity contribution is 0.00578. The van der Waals surface area contributed by atoms with Crippen LogP contribution in [0, 0.1) is 25.1 Å². The Kier molecular flexibility index (Phi) is 8.57. The summed E-state index contributed by atoms with van der Waals surface area (Å²) in [5.74, 6) is 0.00882. The van der Waals surface area contributed by atoms with Crippen molar-refractivity contribution >= 4 is 41.4 Å². The number of rotatable bonds is 7. The number of piperidine rings is 1. The molecular weight excluding hydrogens is 608 g/mol. The second kappa shape index (κ2) is 12.1. The maximum absolute atomic E-state index is 15.9. The standard InChI is InChI=1S/C38H45BFN3O5/c1-22-17-27(34-28(18-22)33(45)23(2)35(46-34)43-15-12-36(4,5)13-16-43)24(3)42-30-11-10-14-41-32(30)25-19-26(21-44)31(29(40)20-25)39-47-37(6,7)38(8,9)48-39/h10-11,14,17-21,24,42H,12-13,15-16H2,1-9H3/t24-/m1/s1. The Morgan fingerprint density at radius 3 is 2.33 bits per heavy atom. The van der Waals surface area contributed by atoms with E-state index in [0.717, 1.165) is 37.1 Å². The van der Waals surface area contributed by atoms with Gasteiger partial charge in [0.1, 0.15) is 17.7 Å². The van der Waals surface area contributed by atoms with Gasteiger partial charge in [0.05, 0.1) is 39.6 Å². The first kappa shape index (κ1) is 33.9. The van der Waals surface area contributed by atoms with Crippen LogP contribution in [0.2, 0.25) is 0 Å². The average molecular weight is 654 g/mol. The van der Waals surface area contributed by atoms with Crippen molar-refractivity contribution in [2.24, 2.45) is 5.41 Å². The third-order valence-electron chi connectivity index (χ3n) is 10.5. The summed E-state index contributed by atoms with van der Waals surface area (Å²) in [7, 11) is -1.03. The van der Waals surface area contributed by atoms with Crippen molar-refractivity contribution in [3.8, 4) is 11.3 Å². The molecule has 4 heterocycles. The van der Waals surface area contributed by atoms with E-state index < -0.39 is 24.1 Å². The number of aldehydes is 1. The predicted octanol–water partition coefficient (Wildman–Crippen LogP) is 7.52. The molecule has 1 N–H and O–H groups in total. The Bertz CT molecular complexity index is 1940. The zero-order chi connectivity index (χ0) is 34.8. The number of anilines is 2. The zero-order valence-corrected chi connectivity index (χ0v) is 29.4. The molecule has 6 rings (SSSR count). The third kappa shape index (κ3) is 6.05. The fourth-order valence-electron chi connectivity index (χ4n) is 6.64. The first-order valence-corrected chi connectivity index (χ1v) is 16.7. The van der Waals surface area contributed by atoms with Crippen LogP contribution in [0.4, 0.5) is 16.0 Å². The van der Waals surface area contributed by atoms with Gasteiger partial charge in [0.25, 0.3) is 0 Å². The van der Waals surface area contributed by atoms with E-state index >= 15 is 4.39 Å². The number of aromatic nitrogens is 1. The smallest absolute Gasteiger partial charge is 0.440 e. The van der Waals surface area contributed by atoms with Crippen molar-refractivity contribution in [1.82, 2.24) is 4.98 Å². The Labute approximate surface area is 282 Å². The van der Waals surface area contributed by atoms with Gasteiger partial charge in [0.15, 0.2) is 5.43 Å². The van der Waals surface area contributed by atoms with Gasteiger partial charge in [0.2, 0.25) is 5.88 Å². The number of nitrogens with zero attached hydrogens (tertiary/aromatic N) is 2. The number of carbonyl (C=O) groups excluding carboxylic acids is 1. The second-order valence-corrected chi connectivity index (χ2v) is 15.2. The van der Waals surface area contributed by atoms with Crippen molar-refractivity contribution in [2.45, 2.75) is 92.4 Å². The molecule has 0 saturated carbocycles. The molecule has 2 aliphatic heterocycles. The molecule has 0 amide bonds. The molecule has 8 nitrogen and oxygen atoms in total. The van der Waals surface area contributed by atoms with Gasteiger partial charge < -0.3 is 23.9 Å². The van der Waals surface area contributed by atoms with Gasteiger partial charge in [-0.2, -0.15) is 0 Å². The van der Waals surface area contributed by atoms with Crippen LogP contribution in [-0.2, 0) is 9.31 Å². The van der Waals surface area contributed by atoms with Crippen LogP contribution in [0.1, 0.15) is 94.4 Å². The summed E-state index contributed by atoms with van der Waals surface area (Å²) in [6.45, 7) is 19.5. The quantitative estimate of drug-likeness (QED) is 0.162. The summed E-state index contributed by atoms with van der Waals surface area (Å²) < 4.78 is 34.7. The number of fused-ring (bicyclic) bond motifs is 1. The van der Waals surface area contributed by atoms with Crippen LogP contribution in [0.3, 0.4) is 0 Å². The molecular formula is C38H45BFN3O5. The maximum Gasteiger partial charge on any atom is 0.498 e. The number of halogens is 1. The van der Waals surface area contributed by atoms with Crippen LogP contribution >= 0.6 is 0 Å². The van der Waals surface area contributed by atoms with Gasteiger partial charge >= 0.3 is 7.12 Å². The molecule has 48 heavy (non-hydrogen) atoms. The normalized spacial score (nSPS) is 19.0. The Morgan fingerprint density at radius 1 is 1.02 bits per heavy atom. The van der Waals surface area contributed by atoms with Crippen molar-refractivity contribution in [3.63, 3.8) is 0 Å². The van der Waals surface area contributed by atoms with Gasteiger partial charge in [-0.15, -0.1) is 0 Å². The fourth-order valence-corrected chi connectivity index (χ4v) is 6.64. The van der Waals surface area contributed by atoms with Gasteiger partial charge in [-0.25, -0.2) is 4.39 Å². The van der Waals surface area contributed by atoms with Crippen molar-refractivity contribution < 1.29 is 22.9 Å². The van der Waals surface area contributed by atoms with Crippen molar-refractivity contribution in [1.29, 1.82) is 0 Å². The molecule has 2 aliphatic rings. The fraction of sp³-hybridized carbons (Fsp3) is 0.447. The topological polar surface area (TPSA) is 93.9 Å². The lowest BCUT2D eigenvalue weighted by atomic mass is 9.75. The summed E-state index contributed by atoms with van der Waals surface area (Å²) in [6, 6.07) is 10.2. The minimum Gasteiger partial charge on any atom is -0.440 e. The van der Waals surface area contributed by atoms with E-state index in [9.17, 15) is 9.59 Å². The van der Waals surface area contributed by atoms with E-state index in [1.165, 1.54) is 6.07 Å². The third-order valence-corrected chi connectivity index (χ3v) is 10.5. The van der Waals surface area contributed by atoms with E-state index in [-0.39, 0.29) is 27.9 Å². The Morgan fingerprint density at radius 2 is 1.69 bits per heavy atom. The summed E-state index contributed by atoms with van der Waals surface area (Å²) in [6.07, 6.45) is 4.28. The minimum absolute atomic E-state index is 0.0331. The van der Waals surface area contributed by atoms with Gasteiger partial charge in [-0.05, 0) is 103 Å². The second-order valence-electron chi connectivity index (χ2n) is 15.2. The van der Waals surface area contributed by atoms with E-state index in [4.69, 9.17) is 13.7 Å². The Balaban J connectivity index is 1.37. The molecule has 10 heteroatoms. The molecule has 252 valence electrons. The van der Waals surface area contributed by atoms with E-state index in [1.807, 2.05) is 66.7 Å². The van der Waals surface area contributed by atoms with Crippen LogP contribution in [0.25, 0.3) is 22.2 Å². The van der Waals surface area contributed by atoms with Crippen molar-refractivity contribution in [2.75, 3.05) is 23.3 Å². The first-order valence-electron chi connectivity index (χ1n) is 16.7. The average Bonchev–Trinajstić information content (AvgIpc) is 3.24. The van der Waals surface area contributed by atoms with Crippen molar-refractivity contribution in [3.05, 3.63) is 80.9 Å². The van der Waals surface area contributed by atoms with Crippen LogP contribution in [0.15, 0.2) is 51.8 Å². The number of nitrogens with one attached hydrogen (secondary N) is 1. The molecule has 0 aliphatic carbocycles. The van der Waals surface area contributed by atoms with E-state index in [2.05, 4.69) is 29.0 Å². The van der Waals surface area contributed by atoms with E-state index in [1.54, 1.807) is 18.3 Å². The molecule has 0 bridgehead atoms. The lowest BCUT2D eigenvalue weighted by Crippen LogP contribution is -2.41. The number of benzene rings is 2. The summed E-state index contributed by atoms with van der Waals surface area (Å²) in [5, 5.41) is 4.08. The number of carbonyl (C=O) groups is 1. The number of pyridine rings is 1. The molecule has 0 radical (unpaired) electrons. The first-order chi connectivity index (χ1) is 22.5. The van der Waals surface area contributed by atoms with Gasteiger partial charge in [0, 0.05) is 41.4 Å². The Hall–Kier alpha value is -4.02. The van der Waals surface area contributed by atoms with Gasteiger partial charge in [-0.3, -0.25) is 14.6 Å². The highest BCUT2D eigenvalue weighted by molar-refractivity contribution is 6.63. The molecule has 2 fully saturated rings. The number of aryl methyl sites for hydroxylation is 1. The summed E-state index contributed by atoms with van der Waals surface area (Å²) in [4.78, 5) is 32.8.